The van der Waals surface area contributed by atoms with Crippen molar-refractivity contribution in [3.63, 3.8) is 0 Å². The van der Waals surface area contributed by atoms with Gasteiger partial charge in [-0.3, -0.25) is 4.79 Å². The van der Waals surface area contributed by atoms with Crippen LogP contribution in [0.25, 0.3) is 0 Å². The fourth-order valence-corrected chi connectivity index (χ4v) is 3.53. The van der Waals surface area contributed by atoms with E-state index in [0.717, 1.165) is 56.8 Å². The number of hydrogen-bond acceptors (Lipinski definition) is 5. The van der Waals surface area contributed by atoms with Crippen molar-refractivity contribution in [2.24, 2.45) is 11.7 Å². The summed E-state index contributed by atoms with van der Waals surface area (Å²) in [6.07, 6.45) is 5.93. The minimum atomic E-state index is 0.0656. The molecule has 1 saturated carbocycles. The zero-order valence-electron chi connectivity index (χ0n) is 14.4. The minimum absolute atomic E-state index is 0.0656. The molecule has 1 aliphatic heterocycles. The molecular weight excluding hydrogens is 304 g/mol. The van der Waals surface area contributed by atoms with Gasteiger partial charge in [0.1, 0.15) is 5.82 Å². The van der Waals surface area contributed by atoms with Gasteiger partial charge in [0, 0.05) is 37.8 Å². The monoisotopic (exact) mass is 332 g/mol. The largest absolute Gasteiger partial charge is 0.375 e. The third-order valence-electron chi connectivity index (χ3n) is 4.93. The fourth-order valence-electron chi connectivity index (χ4n) is 3.53. The maximum atomic E-state index is 12.3. The average Bonchev–Trinajstić information content (AvgIpc) is 2.60. The maximum Gasteiger partial charge on any atom is 0.223 e. The van der Waals surface area contributed by atoms with E-state index in [9.17, 15) is 4.79 Å². The van der Waals surface area contributed by atoms with Crippen LogP contribution >= 0.6 is 0 Å². The molecule has 1 aromatic rings. The lowest BCUT2D eigenvalue weighted by Crippen LogP contribution is -2.41. The van der Waals surface area contributed by atoms with Crippen LogP contribution < -0.4 is 16.0 Å². The molecule has 2 fully saturated rings. The van der Waals surface area contributed by atoms with Crippen molar-refractivity contribution in [3.05, 3.63) is 23.9 Å². The van der Waals surface area contributed by atoms with Gasteiger partial charge < -0.3 is 20.7 Å². The molecular formula is C18H28N4O2. The van der Waals surface area contributed by atoms with Gasteiger partial charge >= 0.3 is 0 Å². The Hall–Kier alpha value is -1.66. The molecule has 2 aliphatic rings. The molecule has 0 spiro atoms. The summed E-state index contributed by atoms with van der Waals surface area (Å²) in [5.74, 6) is 1.16. The highest BCUT2D eigenvalue weighted by atomic mass is 16.5. The van der Waals surface area contributed by atoms with E-state index >= 15 is 0 Å². The highest BCUT2D eigenvalue weighted by Gasteiger charge is 2.25. The van der Waals surface area contributed by atoms with Crippen molar-refractivity contribution in [2.45, 2.75) is 51.3 Å². The summed E-state index contributed by atoms with van der Waals surface area (Å²) >= 11 is 0. The predicted molar refractivity (Wildman–Crippen MR) is 93.6 cm³/mol. The Labute approximate surface area is 143 Å². The summed E-state index contributed by atoms with van der Waals surface area (Å²) in [5, 5.41) is 3.03. The Kier molecular flexibility index (Phi) is 5.68. The van der Waals surface area contributed by atoms with Gasteiger partial charge in [0.05, 0.1) is 12.7 Å². The van der Waals surface area contributed by atoms with Crippen LogP contribution in [0.2, 0.25) is 0 Å². The Bertz CT molecular complexity index is 548. The van der Waals surface area contributed by atoms with E-state index in [2.05, 4.69) is 22.1 Å². The average molecular weight is 332 g/mol. The molecule has 6 nitrogen and oxygen atoms in total. The number of rotatable bonds is 4. The number of amides is 1. The normalized spacial score (nSPS) is 27.8. The number of morpholine rings is 1. The molecule has 3 rings (SSSR count). The molecule has 24 heavy (non-hydrogen) atoms. The molecule has 132 valence electrons. The zero-order chi connectivity index (χ0) is 16.9. The molecule has 1 aromatic heterocycles. The first-order valence-corrected chi connectivity index (χ1v) is 8.96. The first-order valence-electron chi connectivity index (χ1n) is 8.96. The Morgan fingerprint density at radius 3 is 3.04 bits per heavy atom. The highest BCUT2D eigenvalue weighted by molar-refractivity contribution is 5.78. The number of carbonyl (C=O) groups excluding carboxylic acids is 1. The molecule has 1 saturated heterocycles. The van der Waals surface area contributed by atoms with Crippen molar-refractivity contribution in [2.75, 3.05) is 24.6 Å². The fraction of sp³-hybridized carbons (Fsp3) is 0.667. The summed E-state index contributed by atoms with van der Waals surface area (Å²) in [5.41, 5.74) is 6.99. The molecule has 0 aromatic carbocycles. The maximum absolute atomic E-state index is 12.3. The van der Waals surface area contributed by atoms with Gasteiger partial charge in [0.2, 0.25) is 5.91 Å². The van der Waals surface area contributed by atoms with E-state index in [0.29, 0.717) is 6.54 Å². The molecule has 1 amide bonds. The third-order valence-corrected chi connectivity index (χ3v) is 4.93. The highest BCUT2D eigenvalue weighted by Crippen LogP contribution is 2.23. The van der Waals surface area contributed by atoms with Gasteiger partial charge in [-0.2, -0.15) is 0 Å². The van der Waals surface area contributed by atoms with Crippen molar-refractivity contribution < 1.29 is 9.53 Å². The molecule has 2 heterocycles. The molecule has 3 atom stereocenters. The summed E-state index contributed by atoms with van der Waals surface area (Å²) in [6, 6.07) is 4.23. The lowest BCUT2D eigenvalue weighted by Gasteiger charge is -2.32. The minimum Gasteiger partial charge on any atom is -0.375 e. The predicted octanol–water partition coefficient (Wildman–Crippen LogP) is 1.44. The van der Waals surface area contributed by atoms with E-state index in [1.807, 2.05) is 18.3 Å². The van der Waals surface area contributed by atoms with E-state index in [4.69, 9.17) is 10.5 Å². The van der Waals surface area contributed by atoms with Gasteiger partial charge in [0.25, 0.3) is 0 Å². The van der Waals surface area contributed by atoms with E-state index < -0.39 is 0 Å². The van der Waals surface area contributed by atoms with Gasteiger partial charge in [-0.25, -0.2) is 4.98 Å². The number of nitrogens with one attached hydrogen (secondary N) is 1. The Balaban J connectivity index is 1.50. The van der Waals surface area contributed by atoms with Crippen molar-refractivity contribution in [1.82, 2.24) is 10.3 Å². The van der Waals surface area contributed by atoms with Gasteiger partial charge in [-0.15, -0.1) is 0 Å². The summed E-state index contributed by atoms with van der Waals surface area (Å²) in [6.45, 7) is 5.08. The molecule has 6 heteroatoms. The van der Waals surface area contributed by atoms with E-state index in [1.54, 1.807) is 0 Å². The second-order valence-electron chi connectivity index (χ2n) is 6.99. The van der Waals surface area contributed by atoms with Gasteiger partial charge in [-0.05, 0) is 37.8 Å². The third kappa shape index (κ3) is 4.45. The summed E-state index contributed by atoms with van der Waals surface area (Å²) < 4.78 is 5.56. The van der Waals surface area contributed by atoms with Crippen LogP contribution in [0.1, 0.15) is 38.2 Å². The number of nitrogens with two attached hydrogens (primary N) is 1. The first kappa shape index (κ1) is 17.2. The SMILES string of the molecule is CC1CN(c2ccc(CNC(=O)C3CCCC(N)C3)cn2)CCO1. The van der Waals surface area contributed by atoms with Crippen LogP contribution in [0.4, 0.5) is 5.82 Å². The number of nitrogens with zero attached hydrogens (tertiary/aromatic N) is 2. The van der Waals surface area contributed by atoms with Crippen molar-refractivity contribution >= 4 is 11.7 Å². The van der Waals surface area contributed by atoms with Crippen LogP contribution in [0.5, 0.6) is 0 Å². The second-order valence-corrected chi connectivity index (χ2v) is 6.99. The van der Waals surface area contributed by atoms with E-state index in [1.165, 1.54) is 0 Å². The van der Waals surface area contributed by atoms with Crippen LogP contribution in [-0.2, 0) is 16.1 Å². The summed E-state index contributed by atoms with van der Waals surface area (Å²) in [4.78, 5) is 19.0. The number of ether oxygens (including phenoxy) is 1. The lowest BCUT2D eigenvalue weighted by atomic mass is 9.85. The molecule has 3 unspecified atom stereocenters. The Morgan fingerprint density at radius 2 is 2.33 bits per heavy atom. The number of hydrogen-bond donors (Lipinski definition) is 2. The number of pyridine rings is 1. The number of aromatic nitrogens is 1. The van der Waals surface area contributed by atoms with Crippen LogP contribution in [-0.4, -0.2) is 42.7 Å². The standard InChI is InChI=1S/C18H28N4O2/c1-13-12-22(7-8-24-13)17-6-5-14(10-20-17)11-21-18(23)15-3-2-4-16(19)9-15/h5-6,10,13,15-16H,2-4,7-9,11-12,19H2,1H3,(H,21,23). The lowest BCUT2D eigenvalue weighted by molar-refractivity contribution is -0.126. The topological polar surface area (TPSA) is 80.5 Å². The van der Waals surface area contributed by atoms with Crippen LogP contribution in [0.15, 0.2) is 18.3 Å². The Morgan fingerprint density at radius 1 is 1.46 bits per heavy atom. The zero-order valence-corrected chi connectivity index (χ0v) is 14.4. The van der Waals surface area contributed by atoms with Crippen molar-refractivity contribution in [1.29, 1.82) is 0 Å². The molecule has 1 aliphatic carbocycles. The smallest absolute Gasteiger partial charge is 0.223 e. The van der Waals surface area contributed by atoms with E-state index in [-0.39, 0.29) is 24.0 Å². The van der Waals surface area contributed by atoms with Gasteiger partial charge in [-0.1, -0.05) is 12.5 Å². The summed E-state index contributed by atoms with van der Waals surface area (Å²) in [7, 11) is 0. The quantitative estimate of drug-likeness (QED) is 0.872. The second kappa shape index (κ2) is 7.94. The molecule has 3 N–H and O–H groups in total. The molecule has 0 radical (unpaired) electrons. The van der Waals surface area contributed by atoms with Crippen LogP contribution in [0, 0.1) is 5.92 Å². The van der Waals surface area contributed by atoms with Crippen molar-refractivity contribution in [3.8, 4) is 0 Å². The van der Waals surface area contributed by atoms with Crippen LogP contribution in [0.3, 0.4) is 0 Å². The van der Waals surface area contributed by atoms with Gasteiger partial charge in [0.15, 0.2) is 0 Å². The molecule has 0 bridgehead atoms. The first-order chi connectivity index (χ1) is 11.6. The number of carbonyl (C=O) groups is 1. The number of anilines is 1.